The molecule has 3 aliphatic rings. The van der Waals surface area contributed by atoms with Crippen molar-refractivity contribution in [3.8, 4) is 0 Å². The van der Waals surface area contributed by atoms with Gasteiger partial charge in [-0.2, -0.15) is 13.5 Å². The van der Waals surface area contributed by atoms with Crippen molar-refractivity contribution in [1.29, 1.82) is 0 Å². The molecule has 0 saturated carbocycles. The van der Waals surface area contributed by atoms with Gasteiger partial charge in [0.05, 0.1) is 12.1 Å². The van der Waals surface area contributed by atoms with Gasteiger partial charge in [0.2, 0.25) is 0 Å². The van der Waals surface area contributed by atoms with Crippen LogP contribution in [-0.4, -0.2) is 72.0 Å². The Morgan fingerprint density at radius 2 is 1.88 bits per heavy atom. The Morgan fingerprint density at radius 1 is 1.15 bits per heavy atom. The highest BCUT2D eigenvalue weighted by Crippen LogP contribution is 2.30. The lowest BCUT2D eigenvalue weighted by Crippen LogP contribution is -2.57. The molecule has 0 radical (unpaired) electrons. The minimum Gasteiger partial charge on any atom is -0.309 e. The SMILES string of the molecule is O=C(NNC(=O)[C@@H]1CCCCN1)C1CC[C@@H]2CN1C(=O)N2OS(=O)(=O)O. The van der Waals surface area contributed by atoms with Crippen molar-refractivity contribution in [3.05, 3.63) is 0 Å². The van der Waals surface area contributed by atoms with Crippen molar-refractivity contribution in [2.75, 3.05) is 13.1 Å². The van der Waals surface area contributed by atoms with Gasteiger partial charge >= 0.3 is 16.4 Å². The maximum Gasteiger partial charge on any atom is 0.418 e. The molecule has 4 N–H and O–H groups in total. The fourth-order valence-corrected chi connectivity index (χ4v) is 3.86. The quantitative estimate of drug-likeness (QED) is 0.325. The zero-order valence-electron chi connectivity index (χ0n) is 13.9. The first kappa shape index (κ1) is 18.8. The third-order valence-corrected chi connectivity index (χ3v) is 5.08. The highest BCUT2D eigenvalue weighted by atomic mass is 32.3. The first-order chi connectivity index (χ1) is 12.3. The molecule has 0 aliphatic carbocycles. The van der Waals surface area contributed by atoms with Crippen LogP contribution in [0.15, 0.2) is 0 Å². The van der Waals surface area contributed by atoms with Crippen LogP contribution >= 0.6 is 0 Å². The molecule has 2 bridgehead atoms. The highest BCUT2D eigenvalue weighted by molar-refractivity contribution is 7.80. The first-order valence-electron chi connectivity index (χ1n) is 8.36. The van der Waals surface area contributed by atoms with Crippen LogP contribution in [0.2, 0.25) is 0 Å². The summed E-state index contributed by atoms with van der Waals surface area (Å²) in [6.07, 6.45) is 3.19. The number of fused-ring (bicyclic) bond motifs is 2. The van der Waals surface area contributed by atoms with Crippen LogP contribution in [0.3, 0.4) is 0 Å². The molecular weight excluding hydrogens is 370 g/mol. The maximum absolute atomic E-state index is 12.3. The van der Waals surface area contributed by atoms with E-state index < -0.39 is 34.4 Å². The molecule has 3 atom stereocenters. The van der Waals surface area contributed by atoms with E-state index in [2.05, 4.69) is 20.5 Å². The van der Waals surface area contributed by atoms with E-state index in [1.165, 1.54) is 0 Å². The Bertz CT molecular complexity index is 693. The van der Waals surface area contributed by atoms with E-state index in [0.717, 1.165) is 24.3 Å². The zero-order chi connectivity index (χ0) is 18.9. The lowest BCUT2D eigenvalue weighted by atomic mass is 10.0. The molecule has 3 rings (SSSR count). The van der Waals surface area contributed by atoms with Crippen molar-refractivity contribution >= 4 is 28.2 Å². The van der Waals surface area contributed by atoms with E-state index in [9.17, 15) is 22.8 Å². The summed E-state index contributed by atoms with van der Waals surface area (Å²) in [6, 6.07) is -2.64. The molecular formula is C13H21N5O7S. The Labute approximate surface area is 150 Å². The molecule has 12 nitrogen and oxygen atoms in total. The zero-order valence-corrected chi connectivity index (χ0v) is 14.7. The van der Waals surface area contributed by atoms with Crippen molar-refractivity contribution in [1.82, 2.24) is 26.1 Å². The van der Waals surface area contributed by atoms with Gasteiger partial charge in [0.1, 0.15) is 6.04 Å². The number of piperidine rings is 2. The standard InChI is InChI=1S/C13H21N5O7S/c19-11(9-3-1-2-6-14-9)15-16-12(20)10-5-4-8-7-17(10)13(21)18(8)25-26(22,23)24/h8-10,14H,1-7H2,(H,15,19)(H,16,20)(H,22,23,24)/t8-,9+,10?/m1/s1. The van der Waals surface area contributed by atoms with Gasteiger partial charge in [-0.15, -0.1) is 4.28 Å². The highest BCUT2D eigenvalue weighted by Gasteiger charge is 2.49. The van der Waals surface area contributed by atoms with E-state index in [1.807, 2.05) is 0 Å². The van der Waals surface area contributed by atoms with Gasteiger partial charge in [0.25, 0.3) is 11.8 Å². The lowest BCUT2D eigenvalue weighted by Gasteiger charge is -2.29. The summed E-state index contributed by atoms with van der Waals surface area (Å²) in [5, 5.41) is 3.61. The molecule has 0 aromatic heterocycles. The van der Waals surface area contributed by atoms with Crippen LogP contribution in [0.25, 0.3) is 0 Å². The van der Waals surface area contributed by atoms with Crippen LogP contribution in [0, 0.1) is 0 Å². The molecule has 0 aromatic rings. The summed E-state index contributed by atoms with van der Waals surface area (Å²) < 4.78 is 34.8. The maximum atomic E-state index is 12.3. The summed E-state index contributed by atoms with van der Waals surface area (Å²) in [5.74, 6) is -0.925. The number of carbonyl (C=O) groups is 3. The van der Waals surface area contributed by atoms with Crippen LogP contribution in [0.4, 0.5) is 4.79 Å². The van der Waals surface area contributed by atoms with Crippen LogP contribution in [0.5, 0.6) is 0 Å². The van der Waals surface area contributed by atoms with E-state index in [4.69, 9.17) is 4.55 Å². The van der Waals surface area contributed by atoms with Crippen LogP contribution in [0.1, 0.15) is 32.1 Å². The number of hydrogen-bond acceptors (Lipinski definition) is 7. The summed E-state index contributed by atoms with van der Waals surface area (Å²) in [6.45, 7) is 0.826. The number of rotatable bonds is 4. The second kappa shape index (κ2) is 7.34. The molecule has 1 unspecified atom stereocenters. The largest absolute Gasteiger partial charge is 0.418 e. The fourth-order valence-electron chi connectivity index (χ4n) is 3.47. The molecule has 4 amide bonds. The van der Waals surface area contributed by atoms with E-state index >= 15 is 0 Å². The minimum absolute atomic E-state index is 0.0879. The predicted molar refractivity (Wildman–Crippen MR) is 85.3 cm³/mol. The molecule has 3 fully saturated rings. The number of urea groups is 1. The van der Waals surface area contributed by atoms with Crippen molar-refractivity contribution in [2.24, 2.45) is 0 Å². The van der Waals surface area contributed by atoms with Gasteiger partial charge in [-0.1, -0.05) is 6.42 Å². The van der Waals surface area contributed by atoms with Gasteiger partial charge in [-0.25, -0.2) is 4.79 Å². The Balaban J connectivity index is 1.56. The smallest absolute Gasteiger partial charge is 0.309 e. The number of carbonyl (C=O) groups excluding carboxylic acids is 3. The number of nitrogens with zero attached hydrogens (tertiary/aromatic N) is 2. The van der Waals surface area contributed by atoms with Gasteiger partial charge in [0.15, 0.2) is 0 Å². The van der Waals surface area contributed by atoms with Crippen molar-refractivity contribution in [2.45, 2.75) is 50.2 Å². The molecule has 26 heavy (non-hydrogen) atoms. The third-order valence-electron chi connectivity index (χ3n) is 4.74. The Kier molecular flexibility index (Phi) is 5.32. The van der Waals surface area contributed by atoms with Crippen LogP contribution < -0.4 is 16.2 Å². The number of hydrogen-bond donors (Lipinski definition) is 4. The second-order valence-corrected chi connectivity index (χ2v) is 7.50. The summed E-state index contributed by atoms with van der Waals surface area (Å²) in [5.41, 5.74) is 4.67. The molecule has 3 saturated heterocycles. The normalized spacial score (nSPS) is 28.8. The average molecular weight is 391 g/mol. The number of hydroxylamine groups is 2. The van der Waals surface area contributed by atoms with E-state index in [-0.39, 0.29) is 24.9 Å². The molecule has 0 aromatic carbocycles. The second-order valence-electron chi connectivity index (χ2n) is 6.49. The number of hydrazine groups is 1. The molecule has 146 valence electrons. The van der Waals surface area contributed by atoms with Gasteiger partial charge in [0, 0.05) is 6.54 Å². The van der Waals surface area contributed by atoms with Crippen molar-refractivity contribution in [3.63, 3.8) is 0 Å². The summed E-state index contributed by atoms with van der Waals surface area (Å²) in [4.78, 5) is 37.8. The average Bonchev–Trinajstić information content (AvgIpc) is 2.84. The van der Waals surface area contributed by atoms with E-state index in [1.54, 1.807) is 0 Å². The number of nitrogens with one attached hydrogen (secondary N) is 3. The molecule has 13 heteroatoms. The van der Waals surface area contributed by atoms with Gasteiger partial charge in [-0.3, -0.25) is 25.0 Å². The molecule has 3 aliphatic heterocycles. The number of amides is 4. The topological polar surface area (TPSA) is 157 Å². The monoisotopic (exact) mass is 391 g/mol. The first-order valence-corrected chi connectivity index (χ1v) is 9.73. The molecule has 0 spiro atoms. The summed E-state index contributed by atoms with van der Waals surface area (Å²) in [7, 11) is -4.84. The van der Waals surface area contributed by atoms with Gasteiger partial charge < -0.3 is 10.2 Å². The van der Waals surface area contributed by atoms with Crippen molar-refractivity contribution < 1.29 is 31.6 Å². The van der Waals surface area contributed by atoms with Gasteiger partial charge in [-0.05, 0) is 32.2 Å². The predicted octanol–water partition coefficient (Wildman–Crippen LogP) is -1.72. The van der Waals surface area contributed by atoms with E-state index in [0.29, 0.717) is 17.9 Å². The minimum atomic E-state index is -4.84. The summed E-state index contributed by atoms with van der Waals surface area (Å²) >= 11 is 0. The fraction of sp³-hybridized carbons (Fsp3) is 0.769. The van der Waals surface area contributed by atoms with Crippen LogP contribution in [-0.2, 0) is 24.3 Å². The third kappa shape index (κ3) is 4.06. The Morgan fingerprint density at radius 3 is 2.54 bits per heavy atom. The Hall–Kier alpha value is -1.96. The molecule has 3 heterocycles. The lowest BCUT2D eigenvalue weighted by molar-refractivity contribution is -0.133.